The Hall–Kier alpha value is -2.89. The number of nitrogens with zero attached hydrogens (tertiary/aromatic N) is 1. The van der Waals surface area contributed by atoms with Gasteiger partial charge >= 0.3 is 0 Å². The van der Waals surface area contributed by atoms with E-state index in [4.69, 9.17) is 4.74 Å². The van der Waals surface area contributed by atoms with Crippen LogP contribution in [0.5, 0.6) is 17.2 Å². The molecule has 1 aliphatic heterocycles. The van der Waals surface area contributed by atoms with Gasteiger partial charge < -0.3 is 25.2 Å². The number of carbonyl (C=O) groups is 1. The summed E-state index contributed by atoms with van der Waals surface area (Å²) < 4.78 is 5.08. The average Bonchev–Trinajstić information content (AvgIpc) is 2.57. The highest BCUT2D eigenvalue weighted by atomic mass is 16.5. The van der Waals surface area contributed by atoms with Crippen molar-refractivity contribution < 1.29 is 19.7 Å². The Labute approximate surface area is 133 Å². The summed E-state index contributed by atoms with van der Waals surface area (Å²) in [5, 5.41) is 23.0. The summed E-state index contributed by atoms with van der Waals surface area (Å²) in [7, 11) is 1.41. The van der Waals surface area contributed by atoms with Gasteiger partial charge in [0.2, 0.25) is 5.75 Å². The van der Waals surface area contributed by atoms with Crippen molar-refractivity contribution in [2.45, 2.75) is 13.1 Å². The number of hydrogen-bond acceptors (Lipinski definition) is 5. The van der Waals surface area contributed by atoms with Crippen LogP contribution in [0.4, 0.5) is 5.69 Å². The van der Waals surface area contributed by atoms with Crippen LogP contribution >= 0.6 is 0 Å². The van der Waals surface area contributed by atoms with E-state index in [-0.39, 0.29) is 23.2 Å². The number of ether oxygens (including phenoxy) is 1. The summed E-state index contributed by atoms with van der Waals surface area (Å²) in [6.07, 6.45) is -0.456. The summed E-state index contributed by atoms with van der Waals surface area (Å²) in [4.78, 5) is 14.3. The number of fused-ring (bicyclic) bond motifs is 1. The van der Waals surface area contributed by atoms with Crippen LogP contribution in [0, 0.1) is 0 Å². The van der Waals surface area contributed by atoms with Crippen molar-refractivity contribution in [3.05, 3.63) is 47.5 Å². The minimum absolute atomic E-state index is 0.0848. The highest BCUT2D eigenvalue weighted by Crippen LogP contribution is 2.41. The molecule has 0 radical (unpaired) electrons. The predicted molar refractivity (Wildman–Crippen MR) is 85.8 cm³/mol. The lowest BCUT2D eigenvalue weighted by Crippen LogP contribution is -2.42. The summed E-state index contributed by atoms with van der Waals surface area (Å²) in [6.45, 7) is 2.38. The third kappa shape index (κ3) is 2.42. The number of hydrogen-bond donors (Lipinski definition) is 3. The molecule has 1 amide bonds. The first-order valence-electron chi connectivity index (χ1n) is 7.33. The number of para-hydroxylation sites is 1. The highest BCUT2D eigenvalue weighted by Gasteiger charge is 2.32. The summed E-state index contributed by atoms with van der Waals surface area (Å²) in [6, 6.07) is 10.3. The van der Waals surface area contributed by atoms with E-state index in [0.717, 1.165) is 5.69 Å². The van der Waals surface area contributed by atoms with Crippen molar-refractivity contribution in [3.8, 4) is 17.2 Å². The van der Waals surface area contributed by atoms with Gasteiger partial charge in [-0.25, -0.2) is 0 Å². The molecule has 0 spiro atoms. The molecule has 23 heavy (non-hydrogen) atoms. The molecule has 2 aromatic rings. The lowest BCUT2D eigenvalue weighted by atomic mass is 10.0. The molecule has 3 N–H and O–H groups in total. The van der Waals surface area contributed by atoms with Gasteiger partial charge in [0.25, 0.3) is 5.91 Å². The smallest absolute Gasteiger partial charge is 0.257 e. The molecule has 6 nitrogen and oxygen atoms in total. The summed E-state index contributed by atoms with van der Waals surface area (Å²) in [5.74, 6) is -0.534. The Morgan fingerprint density at radius 1 is 1.26 bits per heavy atom. The van der Waals surface area contributed by atoms with Crippen LogP contribution in [0.2, 0.25) is 0 Å². The lowest BCUT2D eigenvalue weighted by Gasteiger charge is -2.37. The van der Waals surface area contributed by atoms with Crippen molar-refractivity contribution in [1.82, 2.24) is 4.90 Å². The zero-order valence-electron chi connectivity index (χ0n) is 12.9. The van der Waals surface area contributed by atoms with Gasteiger partial charge in [-0.15, -0.1) is 0 Å². The van der Waals surface area contributed by atoms with Crippen LogP contribution in [-0.2, 0) is 0 Å². The maximum atomic E-state index is 12.7. The second-order valence-electron chi connectivity index (χ2n) is 5.27. The topological polar surface area (TPSA) is 82.0 Å². The standard InChI is InChI=1S/C17H18N2O4/c1-3-19-16(10-8-13(20)15(21)14(9-10)23-2)18-12-7-5-4-6-11(12)17(19)22/h4-9,16,18,20-21H,3H2,1-2H3/t16-/m1/s1. The number of amides is 1. The lowest BCUT2D eigenvalue weighted by molar-refractivity contribution is 0.0694. The van der Waals surface area contributed by atoms with E-state index in [1.54, 1.807) is 17.0 Å². The molecular formula is C17H18N2O4. The van der Waals surface area contributed by atoms with Gasteiger partial charge in [-0.3, -0.25) is 4.79 Å². The van der Waals surface area contributed by atoms with Crippen LogP contribution in [0.3, 0.4) is 0 Å². The average molecular weight is 314 g/mol. The molecule has 3 rings (SSSR count). The minimum Gasteiger partial charge on any atom is -0.504 e. The summed E-state index contributed by atoms with van der Waals surface area (Å²) >= 11 is 0. The fourth-order valence-electron chi connectivity index (χ4n) is 2.81. The van der Waals surface area contributed by atoms with E-state index < -0.39 is 6.17 Å². The number of phenols is 2. The zero-order valence-corrected chi connectivity index (χ0v) is 12.9. The number of phenolic OH excluding ortho intramolecular Hbond substituents is 2. The van der Waals surface area contributed by atoms with Crippen molar-refractivity contribution in [1.29, 1.82) is 0 Å². The van der Waals surface area contributed by atoms with Crippen LogP contribution in [0.15, 0.2) is 36.4 Å². The predicted octanol–water partition coefficient (Wildman–Crippen LogP) is 2.69. The fourth-order valence-corrected chi connectivity index (χ4v) is 2.81. The molecule has 0 aromatic heterocycles. The Kier molecular flexibility index (Phi) is 3.73. The molecule has 0 unspecified atom stereocenters. The van der Waals surface area contributed by atoms with Gasteiger partial charge in [-0.1, -0.05) is 12.1 Å². The molecule has 1 heterocycles. The molecule has 6 heteroatoms. The molecule has 0 saturated carbocycles. The molecule has 0 fully saturated rings. The van der Waals surface area contributed by atoms with Gasteiger partial charge in [0, 0.05) is 17.8 Å². The van der Waals surface area contributed by atoms with Gasteiger partial charge in [0.05, 0.1) is 12.7 Å². The Morgan fingerprint density at radius 3 is 2.70 bits per heavy atom. The van der Waals surface area contributed by atoms with Gasteiger partial charge in [-0.05, 0) is 31.2 Å². The van der Waals surface area contributed by atoms with E-state index >= 15 is 0 Å². The van der Waals surface area contributed by atoms with Gasteiger partial charge in [0.1, 0.15) is 6.17 Å². The van der Waals surface area contributed by atoms with E-state index in [1.807, 2.05) is 25.1 Å². The zero-order chi connectivity index (χ0) is 16.6. The first-order valence-corrected chi connectivity index (χ1v) is 7.33. The molecule has 1 aliphatic rings. The SMILES string of the molecule is CCN1C(=O)c2ccccc2N[C@H]1c1cc(O)c(O)c(OC)c1. The van der Waals surface area contributed by atoms with E-state index in [1.165, 1.54) is 13.2 Å². The van der Waals surface area contributed by atoms with Gasteiger partial charge in [-0.2, -0.15) is 0 Å². The number of methoxy groups -OCH3 is 1. The molecule has 2 aromatic carbocycles. The monoisotopic (exact) mass is 314 g/mol. The molecular weight excluding hydrogens is 296 g/mol. The molecule has 0 bridgehead atoms. The highest BCUT2D eigenvalue weighted by molar-refractivity contribution is 6.01. The third-order valence-corrected chi connectivity index (χ3v) is 3.98. The van der Waals surface area contributed by atoms with Crippen molar-refractivity contribution in [2.75, 3.05) is 19.0 Å². The van der Waals surface area contributed by atoms with Crippen LogP contribution in [-0.4, -0.2) is 34.7 Å². The van der Waals surface area contributed by atoms with Crippen molar-refractivity contribution >= 4 is 11.6 Å². The normalized spacial score (nSPS) is 16.7. The number of nitrogens with one attached hydrogen (secondary N) is 1. The van der Waals surface area contributed by atoms with Gasteiger partial charge in [0.15, 0.2) is 11.5 Å². The third-order valence-electron chi connectivity index (χ3n) is 3.98. The molecule has 120 valence electrons. The maximum absolute atomic E-state index is 12.7. The Morgan fingerprint density at radius 2 is 2.00 bits per heavy atom. The summed E-state index contributed by atoms with van der Waals surface area (Å²) in [5.41, 5.74) is 1.97. The fraction of sp³-hybridized carbons (Fsp3) is 0.235. The van der Waals surface area contributed by atoms with Crippen molar-refractivity contribution in [3.63, 3.8) is 0 Å². The second-order valence-corrected chi connectivity index (χ2v) is 5.27. The second kappa shape index (κ2) is 5.72. The van der Waals surface area contributed by atoms with E-state index in [9.17, 15) is 15.0 Å². The molecule has 1 atom stereocenters. The van der Waals surface area contributed by atoms with E-state index in [0.29, 0.717) is 17.7 Å². The maximum Gasteiger partial charge on any atom is 0.257 e. The number of carbonyl (C=O) groups excluding carboxylic acids is 1. The van der Waals surface area contributed by atoms with Crippen LogP contribution in [0.1, 0.15) is 29.0 Å². The Bertz CT molecular complexity index is 760. The quantitative estimate of drug-likeness (QED) is 0.759. The minimum atomic E-state index is -0.456. The molecule has 0 aliphatic carbocycles. The first kappa shape index (κ1) is 15.0. The Balaban J connectivity index is 2.09. The number of anilines is 1. The largest absolute Gasteiger partial charge is 0.504 e. The first-order chi connectivity index (χ1) is 11.1. The van der Waals surface area contributed by atoms with Crippen LogP contribution in [0.25, 0.3) is 0 Å². The van der Waals surface area contributed by atoms with E-state index in [2.05, 4.69) is 5.32 Å². The number of rotatable bonds is 3. The van der Waals surface area contributed by atoms with Crippen molar-refractivity contribution in [2.24, 2.45) is 0 Å². The molecule has 0 saturated heterocycles. The number of aromatic hydroxyl groups is 2. The number of benzene rings is 2. The van der Waals surface area contributed by atoms with Crippen LogP contribution < -0.4 is 10.1 Å².